The Morgan fingerprint density at radius 3 is 2.66 bits per heavy atom. The van der Waals surface area contributed by atoms with E-state index in [1.54, 1.807) is 22.3 Å². The second kappa shape index (κ2) is 10.5. The maximum Gasteiger partial charge on any atom is 0.246 e. The van der Waals surface area contributed by atoms with Crippen LogP contribution in [0, 0.1) is 6.92 Å². The van der Waals surface area contributed by atoms with Crippen molar-refractivity contribution in [3.8, 4) is 5.75 Å². The summed E-state index contributed by atoms with van der Waals surface area (Å²) in [6, 6.07) is 17.3. The molecule has 0 spiro atoms. The molecule has 1 heterocycles. The molecule has 2 aromatic carbocycles. The highest BCUT2D eigenvalue weighted by Gasteiger charge is 2.11. The topological polar surface area (TPSA) is 62.7 Å². The molecule has 0 atom stereocenters. The number of ether oxygens (including phenoxy) is 1. The normalized spacial score (nSPS) is 11.0. The average Bonchev–Trinajstić information content (AvgIpc) is 3.16. The number of nitrogens with zero attached hydrogens (tertiary/aromatic N) is 2. The third-order valence-corrected chi connectivity index (χ3v) is 5.09. The minimum atomic E-state index is -0.159. The summed E-state index contributed by atoms with van der Waals surface area (Å²) in [6.45, 7) is 2.99. The SMILES string of the molecule is Cc1nc(COc2ccccc2/C=C/C(=O)N(CCO)Cc2ccccc2)cs1. The molecule has 0 radical (unpaired) electrons. The van der Waals surface area contributed by atoms with E-state index in [-0.39, 0.29) is 19.1 Å². The molecule has 150 valence electrons. The van der Waals surface area contributed by atoms with Crippen molar-refractivity contribution in [3.05, 3.63) is 87.9 Å². The molecule has 0 saturated carbocycles. The van der Waals surface area contributed by atoms with Gasteiger partial charge in [-0.15, -0.1) is 11.3 Å². The zero-order valence-electron chi connectivity index (χ0n) is 16.3. The lowest BCUT2D eigenvalue weighted by Gasteiger charge is -2.20. The first kappa shape index (κ1) is 20.8. The quantitative estimate of drug-likeness (QED) is 0.542. The van der Waals surface area contributed by atoms with Crippen molar-refractivity contribution in [3.63, 3.8) is 0 Å². The van der Waals surface area contributed by atoms with Crippen molar-refractivity contribution >= 4 is 23.3 Å². The van der Waals surface area contributed by atoms with Gasteiger partial charge in [0.05, 0.1) is 17.3 Å². The van der Waals surface area contributed by atoms with Crippen LogP contribution in [0.4, 0.5) is 0 Å². The molecule has 0 aliphatic carbocycles. The van der Waals surface area contributed by atoms with Gasteiger partial charge < -0.3 is 14.7 Å². The molecule has 0 saturated heterocycles. The first-order valence-corrected chi connectivity index (χ1v) is 10.3. The van der Waals surface area contributed by atoms with Gasteiger partial charge in [-0.1, -0.05) is 48.5 Å². The Labute approximate surface area is 174 Å². The largest absolute Gasteiger partial charge is 0.487 e. The summed E-state index contributed by atoms with van der Waals surface area (Å²) in [5, 5.41) is 12.3. The van der Waals surface area contributed by atoms with Crippen LogP contribution in [-0.2, 0) is 17.9 Å². The summed E-state index contributed by atoms with van der Waals surface area (Å²) < 4.78 is 5.90. The zero-order valence-corrected chi connectivity index (χ0v) is 17.1. The lowest BCUT2D eigenvalue weighted by atomic mass is 10.1. The van der Waals surface area contributed by atoms with Gasteiger partial charge in [-0.3, -0.25) is 4.79 Å². The van der Waals surface area contributed by atoms with Crippen molar-refractivity contribution in [1.82, 2.24) is 9.88 Å². The van der Waals surface area contributed by atoms with Crippen molar-refractivity contribution < 1.29 is 14.6 Å². The van der Waals surface area contributed by atoms with E-state index in [1.807, 2.05) is 66.9 Å². The smallest absolute Gasteiger partial charge is 0.246 e. The molecule has 29 heavy (non-hydrogen) atoms. The highest BCUT2D eigenvalue weighted by molar-refractivity contribution is 7.09. The van der Waals surface area contributed by atoms with E-state index in [4.69, 9.17) is 4.74 Å². The average molecular weight is 409 g/mol. The van der Waals surface area contributed by atoms with E-state index in [0.717, 1.165) is 21.8 Å². The molecule has 3 rings (SSSR count). The highest BCUT2D eigenvalue weighted by atomic mass is 32.1. The molecule has 0 unspecified atom stereocenters. The maximum absolute atomic E-state index is 12.7. The molecule has 0 aliphatic heterocycles. The van der Waals surface area contributed by atoms with Crippen LogP contribution in [0.15, 0.2) is 66.1 Å². The first-order chi connectivity index (χ1) is 14.2. The van der Waals surface area contributed by atoms with Gasteiger partial charge in [-0.05, 0) is 24.6 Å². The minimum Gasteiger partial charge on any atom is -0.487 e. The summed E-state index contributed by atoms with van der Waals surface area (Å²) in [7, 11) is 0. The first-order valence-electron chi connectivity index (χ1n) is 9.40. The molecule has 0 fully saturated rings. The second-order valence-corrected chi connectivity index (χ2v) is 7.55. The van der Waals surface area contributed by atoms with E-state index >= 15 is 0 Å². The number of rotatable bonds is 9. The number of para-hydroxylation sites is 1. The van der Waals surface area contributed by atoms with E-state index in [2.05, 4.69) is 4.98 Å². The molecule has 6 heteroatoms. The van der Waals surface area contributed by atoms with Gasteiger partial charge in [0.25, 0.3) is 0 Å². The Bertz CT molecular complexity index is 954. The monoisotopic (exact) mass is 408 g/mol. The number of aryl methyl sites for hydroxylation is 1. The predicted octanol–water partition coefficient (Wildman–Crippen LogP) is 4.06. The number of carbonyl (C=O) groups excluding carboxylic acids is 1. The predicted molar refractivity (Wildman–Crippen MR) is 116 cm³/mol. The van der Waals surface area contributed by atoms with Crippen molar-refractivity contribution in [2.24, 2.45) is 0 Å². The van der Waals surface area contributed by atoms with Gasteiger partial charge in [-0.25, -0.2) is 4.98 Å². The van der Waals surface area contributed by atoms with Gasteiger partial charge in [0.1, 0.15) is 12.4 Å². The number of aromatic nitrogens is 1. The molecule has 1 aromatic heterocycles. The summed E-state index contributed by atoms with van der Waals surface area (Å²) >= 11 is 1.59. The molecule has 5 nitrogen and oxygen atoms in total. The summed E-state index contributed by atoms with van der Waals surface area (Å²) in [4.78, 5) is 18.7. The fourth-order valence-corrected chi connectivity index (χ4v) is 3.43. The van der Waals surface area contributed by atoms with E-state index < -0.39 is 0 Å². The van der Waals surface area contributed by atoms with Crippen LogP contribution in [0.5, 0.6) is 5.75 Å². The summed E-state index contributed by atoms with van der Waals surface area (Å²) in [6.07, 6.45) is 3.27. The van der Waals surface area contributed by atoms with Crippen LogP contribution in [0.25, 0.3) is 6.08 Å². The van der Waals surface area contributed by atoms with Crippen molar-refractivity contribution in [1.29, 1.82) is 0 Å². The third-order valence-electron chi connectivity index (χ3n) is 4.26. The Morgan fingerprint density at radius 1 is 1.17 bits per heavy atom. The van der Waals surface area contributed by atoms with Crippen LogP contribution in [-0.4, -0.2) is 34.0 Å². The zero-order chi connectivity index (χ0) is 20.5. The standard InChI is InChI=1S/C23H24N2O3S/c1-18-24-21(17-29-18)16-28-22-10-6-5-9-20(22)11-12-23(27)25(13-14-26)15-19-7-3-2-4-8-19/h2-12,17,26H,13-16H2,1H3/b12-11+. The van der Waals surface area contributed by atoms with Crippen LogP contribution in [0.1, 0.15) is 21.8 Å². The number of aliphatic hydroxyl groups is 1. The lowest BCUT2D eigenvalue weighted by Crippen LogP contribution is -2.31. The number of benzene rings is 2. The Kier molecular flexibility index (Phi) is 7.55. The third kappa shape index (κ3) is 6.27. The maximum atomic E-state index is 12.7. The number of hydrogen-bond acceptors (Lipinski definition) is 5. The fourth-order valence-electron chi connectivity index (χ4n) is 2.83. The number of thiazole rings is 1. The van der Waals surface area contributed by atoms with Crippen LogP contribution in [0.2, 0.25) is 0 Å². The number of aliphatic hydroxyl groups excluding tert-OH is 1. The lowest BCUT2D eigenvalue weighted by molar-refractivity contribution is -0.127. The number of carbonyl (C=O) groups is 1. The van der Waals surface area contributed by atoms with Gasteiger partial charge >= 0.3 is 0 Å². The Morgan fingerprint density at radius 2 is 1.93 bits per heavy atom. The molecule has 0 bridgehead atoms. The molecule has 0 aliphatic rings. The second-order valence-electron chi connectivity index (χ2n) is 6.49. The minimum absolute atomic E-state index is 0.0842. The number of amides is 1. The molecule has 1 amide bonds. The Balaban J connectivity index is 1.68. The van der Waals surface area contributed by atoms with Crippen LogP contribution in [0.3, 0.4) is 0 Å². The van der Waals surface area contributed by atoms with Crippen molar-refractivity contribution in [2.75, 3.05) is 13.2 Å². The Hall–Kier alpha value is -2.96. The van der Waals surface area contributed by atoms with Gasteiger partial charge in [0.15, 0.2) is 0 Å². The van der Waals surface area contributed by atoms with Gasteiger partial charge in [0, 0.05) is 30.1 Å². The molecule has 1 N–H and O–H groups in total. The number of hydrogen-bond donors (Lipinski definition) is 1. The highest BCUT2D eigenvalue weighted by Crippen LogP contribution is 2.21. The summed E-state index contributed by atoms with van der Waals surface area (Å²) in [5.74, 6) is 0.534. The van der Waals surface area contributed by atoms with Gasteiger partial charge in [0.2, 0.25) is 5.91 Å². The molecular weight excluding hydrogens is 384 g/mol. The van der Waals surface area contributed by atoms with Crippen molar-refractivity contribution in [2.45, 2.75) is 20.1 Å². The van der Waals surface area contributed by atoms with Crippen LogP contribution >= 0.6 is 11.3 Å². The van der Waals surface area contributed by atoms with E-state index in [0.29, 0.717) is 18.9 Å². The molecular formula is C23H24N2O3S. The molecule has 3 aromatic rings. The fraction of sp³-hybridized carbons (Fsp3) is 0.217. The van der Waals surface area contributed by atoms with E-state index in [9.17, 15) is 9.90 Å². The van der Waals surface area contributed by atoms with Gasteiger partial charge in [-0.2, -0.15) is 0 Å². The van der Waals surface area contributed by atoms with E-state index in [1.165, 1.54) is 6.08 Å². The summed E-state index contributed by atoms with van der Waals surface area (Å²) in [5.41, 5.74) is 2.72. The van der Waals surface area contributed by atoms with Crippen LogP contribution < -0.4 is 4.74 Å².